The van der Waals surface area contributed by atoms with Gasteiger partial charge in [-0.3, -0.25) is 9.58 Å². The molecule has 0 atom stereocenters. The molecule has 1 aliphatic heterocycles. The number of anilines is 1. The summed E-state index contributed by atoms with van der Waals surface area (Å²) in [7, 11) is 1.91. The van der Waals surface area contributed by atoms with Gasteiger partial charge in [-0.05, 0) is 6.42 Å². The average Bonchev–Trinajstić information content (AvgIpc) is 3.22. The molecule has 0 amide bonds. The first-order valence-electron chi connectivity index (χ1n) is 8.28. The van der Waals surface area contributed by atoms with Gasteiger partial charge in [0.25, 0.3) is 0 Å². The van der Waals surface area contributed by atoms with Crippen LogP contribution in [-0.2, 0) is 20.0 Å². The summed E-state index contributed by atoms with van der Waals surface area (Å²) in [5.41, 5.74) is 2.08. The van der Waals surface area contributed by atoms with E-state index in [0.29, 0.717) is 0 Å². The summed E-state index contributed by atoms with van der Waals surface area (Å²) >= 11 is 1.76. The van der Waals surface area contributed by atoms with Gasteiger partial charge in [-0.15, -0.1) is 11.3 Å². The Kier molecular flexibility index (Phi) is 4.15. The molecule has 0 radical (unpaired) electrons. The molecule has 4 heterocycles. The van der Waals surface area contributed by atoms with E-state index in [9.17, 15) is 0 Å². The zero-order chi connectivity index (χ0) is 16.5. The first kappa shape index (κ1) is 15.5. The minimum absolute atomic E-state index is 0.886. The van der Waals surface area contributed by atoms with Gasteiger partial charge in [0, 0.05) is 45.2 Å². The van der Waals surface area contributed by atoms with Crippen LogP contribution in [0.2, 0.25) is 0 Å². The predicted molar refractivity (Wildman–Crippen MR) is 95.3 cm³/mol. The Balaban J connectivity index is 1.43. The van der Waals surface area contributed by atoms with Crippen molar-refractivity contribution in [1.82, 2.24) is 29.6 Å². The highest BCUT2D eigenvalue weighted by atomic mass is 32.1. The minimum Gasteiger partial charge on any atom is -0.353 e. The van der Waals surface area contributed by atoms with E-state index in [-0.39, 0.29) is 0 Å². The van der Waals surface area contributed by atoms with Crippen molar-refractivity contribution in [1.29, 1.82) is 0 Å². The van der Waals surface area contributed by atoms with E-state index in [0.717, 1.165) is 56.0 Å². The molecule has 3 aromatic rings. The lowest BCUT2D eigenvalue weighted by molar-refractivity contribution is 0.247. The van der Waals surface area contributed by atoms with E-state index in [1.807, 2.05) is 13.2 Å². The predicted octanol–water partition coefficient (Wildman–Crippen LogP) is 1.70. The third-order valence-corrected chi connectivity index (χ3v) is 5.51. The molecule has 0 unspecified atom stereocenters. The van der Waals surface area contributed by atoms with Crippen LogP contribution in [0.25, 0.3) is 11.0 Å². The number of rotatable bonds is 4. The first-order valence-corrected chi connectivity index (χ1v) is 9.16. The molecule has 1 fully saturated rings. The maximum absolute atomic E-state index is 4.68. The molecule has 0 saturated carbocycles. The fourth-order valence-corrected chi connectivity index (χ4v) is 3.87. The Bertz CT molecular complexity index is 832. The van der Waals surface area contributed by atoms with Crippen molar-refractivity contribution >= 4 is 28.2 Å². The summed E-state index contributed by atoms with van der Waals surface area (Å²) in [4.78, 5) is 18.3. The number of fused-ring (bicyclic) bond motifs is 1. The molecule has 1 aliphatic rings. The number of hydrogen-bond donors (Lipinski definition) is 0. The van der Waals surface area contributed by atoms with E-state index in [4.69, 9.17) is 0 Å². The summed E-state index contributed by atoms with van der Waals surface area (Å²) in [5.74, 6) is 0.995. The van der Waals surface area contributed by atoms with Crippen LogP contribution in [0.1, 0.15) is 17.6 Å². The van der Waals surface area contributed by atoms with Crippen molar-refractivity contribution in [3.8, 4) is 0 Å². The Morgan fingerprint density at radius 2 is 2.00 bits per heavy atom. The van der Waals surface area contributed by atoms with Crippen molar-refractivity contribution in [2.24, 2.45) is 7.05 Å². The van der Waals surface area contributed by atoms with E-state index >= 15 is 0 Å². The molecule has 0 aromatic carbocycles. The lowest BCUT2D eigenvalue weighted by Gasteiger charge is -2.35. The van der Waals surface area contributed by atoms with Gasteiger partial charge in [0.05, 0.1) is 22.3 Å². The molecular weight excluding hydrogens is 322 g/mol. The highest BCUT2D eigenvalue weighted by Gasteiger charge is 2.21. The standard InChI is InChI=1S/C16H21N7S/c1-3-14-20-12(10-24-14)9-22-4-6-23(7-5-22)16-13-8-19-21(2)15(13)17-11-18-16/h8,10-11H,3-7,9H2,1-2H3. The summed E-state index contributed by atoms with van der Waals surface area (Å²) in [6, 6.07) is 0. The van der Waals surface area contributed by atoms with Crippen LogP contribution < -0.4 is 4.90 Å². The summed E-state index contributed by atoms with van der Waals surface area (Å²) in [5, 5.41) is 8.75. The quantitative estimate of drug-likeness (QED) is 0.719. The van der Waals surface area contributed by atoms with Crippen LogP contribution in [-0.4, -0.2) is 55.8 Å². The second-order valence-electron chi connectivity index (χ2n) is 6.05. The number of nitrogens with zero attached hydrogens (tertiary/aromatic N) is 7. The topological polar surface area (TPSA) is 63.0 Å². The molecule has 1 saturated heterocycles. The smallest absolute Gasteiger partial charge is 0.163 e. The van der Waals surface area contributed by atoms with Crippen molar-refractivity contribution in [3.05, 3.63) is 28.6 Å². The number of hydrogen-bond acceptors (Lipinski definition) is 7. The van der Waals surface area contributed by atoms with Crippen LogP contribution in [0.4, 0.5) is 5.82 Å². The first-order chi connectivity index (χ1) is 11.7. The normalized spacial score (nSPS) is 16.2. The van der Waals surface area contributed by atoms with E-state index in [2.05, 4.69) is 42.2 Å². The van der Waals surface area contributed by atoms with Gasteiger partial charge in [-0.1, -0.05) is 6.92 Å². The van der Waals surface area contributed by atoms with Gasteiger partial charge in [0.1, 0.15) is 12.1 Å². The summed E-state index contributed by atoms with van der Waals surface area (Å²) in [6.45, 7) is 7.06. The van der Waals surface area contributed by atoms with Crippen LogP contribution in [0.5, 0.6) is 0 Å². The molecule has 126 valence electrons. The molecule has 0 bridgehead atoms. The van der Waals surface area contributed by atoms with Gasteiger partial charge >= 0.3 is 0 Å². The maximum atomic E-state index is 4.68. The molecule has 0 spiro atoms. The van der Waals surface area contributed by atoms with Crippen molar-refractivity contribution in [2.75, 3.05) is 31.1 Å². The minimum atomic E-state index is 0.886. The lowest BCUT2D eigenvalue weighted by atomic mass is 10.2. The molecule has 4 rings (SSSR count). The van der Waals surface area contributed by atoms with Crippen LogP contribution in [0.15, 0.2) is 17.9 Å². The van der Waals surface area contributed by atoms with Crippen molar-refractivity contribution in [3.63, 3.8) is 0 Å². The number of aryl methyl sites for hydroxylation is 2. The zero-order valence-electron chi connectivity index (χ0n) is 14.0. The molecule has 24 heavy (non-hydrogen) atoms. The van der Waals surface area contributed by atoms with E-state index in [1.165, 1.54) is 10.7 Å². The van der Waals surface area contributed by atoms with Crippen molar-refractivity contribution < 1.29 is 0 Å². The largest absolute Gasteiger partial charge is 0.353 e. The van der Waals surface area contributed by atoms with Gasteiger partial charge < -0.3 is 4.90 Å². The third kappa shape index (κ3) is 2.87. The highest BCUT2D eigenvalue weighted by molar-refractivity contribution is 7.09. The Labute approximate surface area is 145 Å². The Hall–Kier alpha value is -2.06. The number of aromatic nitrogens is 5. The van der Waals surface area contributed by atoms with Crippen LogP contribution >= 0.6 is 11.3 Å². The van der Waals surface area contributed by atoms with Gasteiger partial charge in [0.2, 0.25) is 0 Å². The fraction of sp³-hybridized carbons (Fsp3) is 0.500. The second-order valence-corrected chi connectivity index (χ2v) is 6.99. The molecule has 7 nitrogen and oxygen atoms in total. The summed E-state index contributed by atoms with van der Waals surface area (Å²) in [6.07, 6.45) is 4.51. The number of piperazine rings is 1. The average molecular weight is 343 g/mol. The maximum Gasteiger partial charge on any atom is 0.163 e. The van der Waals surface area contributed by atoms with E-state index in [1.54, 1.807) is 22.3 Å². The van der Waals surface area contributed by atoms with Crippen LogP contribution in [0, 0.1) is 0 Å². The van der Waals surface area contributed by atoms with Gasteiger partial charge in [-0.25, -0.2) is 15.0 Å². The lowest BCUT2D eigenvalue weighted by Crippen LogP contribution is -2.46. The molecule has 0 N–H and O–H groups in total. The SMILES string of the molecule is CCc1nc(CN2CCN(c3ncnc4c3cnn4C)CC2)cs1. The molecular formula is C16H21N7S. The Morgan fingerprint density at radius 1 is 1.17 bits per heavy atom. The van der Waals surface area contributed by atoms with Crippen molar-refractivity contribution in [2.45, 2.75) is 19.9 Å². The highest BCUT2D eigenvalue weighted by Crippen LogP contribution is 2.23. The van der Waals surface area contributed by atoms with Gasteiger partial charge in [-0.2, -0.15) is 5.10 Å². The Morgan fingerprint density at radius 3 is 2.75 bits per heavy atom. The number of thiazole rings is 1. The zero-order valence-corrected chi connectivity index (χ0v) is 14.8. The summed E-state index contributed by atoms with van der Waals surface area (Å²) < 4.78 is 1.80. The third-order valence-electron chi connectivity index (χ3n) is 4.47. The molecule has 3 aromatic heterocycles. The molecule has 0 aliphatic carbocycles. The van der Waals surface area contributed by atoms with Crippen LogP contribution in [0.3, 0.4) is 0 Å². The fourth-order valence-electron chi connectivity index (χ4n) is 3.13. The second kappa shape index (κ2) is 6.45. The van der Waals surface area contributed by atoms with E-state index < -0.39 is 0 Å². The monoisotopic (exact) mass is 343 g/mol. The van der Waals surface area contributed by atoms with Gasteiger partial charge in [0.15, 0.2) is 5.65 Å². The molecule has 8 heteroatoms.